The second kappa shape index (κ2) is 5.57. The molecule has 5 heteroatoms. The summed E-state index contributed by atoms with van der Waals surface area (Å²) >= 11 is 0. The molecule has 2 aromatic rings. The first kappa shape index (κ1) is 13.5. The summed E-state index contributed by atoms with van der Waals surface area (Å²) in [7, 11) is 0. The van der Waals surface area contributed by atoms with Crippen LogP contribution < -0.4 is 4.90 Å². The summed E-state index contributed by atoms with van der Waals surface area (Å²) in [4.78, 5) is 11.7. The van der Waals surface area contributed by atoms with E-state index in [0.29, 0.717) is 0 Å². The summed E-state index contributed by atoms with van der Waals surface area (Å²) in [6.07, 6.45) is 10.7. The standard InChI is InChI=1S/C17H20N4O/c1-13-2-4-14(5-3-13)15-12-21-7-6-16(19-17(21)18-15)20-8-10-22-11-9-20/h2,4,6-7,12H,3,5,8-11H2,1H3. The van der Waals surface area contributed by atoms with Gasteiger partial charge in [0, 0.05) is 25.5 Å². The quantitative estimate of drug-likeness (QED) is 0.854. The molecule has 22 heavy (non-hydrogen) atoms. The number of imidazole rings is 1. The van der Waals surface area contributed by atoms with Gasteiger partial charge in [-0.25, -0.2) is 4.98 Å². The van der Waals surface area contributed by atoms with Crippen LogP contribution in [0.5, 0.6) is 0 Å². The fourth-order valence-corrected chi connectivity index (χ4v) is 2.94. The van der Waals surface area contributed by atoms with Crippen molar-refractivity contribution in [1.82, 2.24) is 14.4 Å². The van der Waals surface area contributed by atoms with E-state index in [1.165, 1.54) is 11.1 Å². The Kier molecular flexibility index (Phi) is 3.42. The average molecular weight is 296 g/mol. The zero-order chi connectivity index (χ0) is 14.9. The minimum atomic E-state index is 0.769. The highest BCUT2D eigenvalue weighted by molar-refractivity contribution is 5.67. The molecule has 1 saturated heterocycles. The number of allylic oxidation sites excluding steroid dienone is 4. The van der Waals surface area contributed by atoms with E-state index in [1.807, 2.05) is 10.6 Å². The summed E-state index contributed by atoms with van der Waals surface area (Å²) < 4.78 is 7.40. The molecule has 0 aromatic carbocycles. The van der Waals surface area contributed by atoms with Crippen molar-refractivity contribution in [2.24, 2.45) is 0 Å². The van der Waals surface area contributed by atoms with Gasteiger partial charge in [-0.1, -0.05) is 17.7 Å². The van der Waals surface area contributed by atoms with Gasteiger partial charge in [0.15, 0.2) is 0 Å². The Morgan fingerprint density at radius 2 is 1.95 bits per heavy atom. The molecule has 4 rings (SSSR count). The van der Waals surface area contributed by atoms with Crippen LogP contribution in [0.1, 0.15) is 25.5 Å². The Balaban J connectivity index is 1.66. The van der Waals surface area contributed by atoms with Crippen molar-refractivity contribution in [2.75, 3.05) is 31.2 Å². The molecule has 114 valence electrons. The highest BCUT2D eigenvalue weighted by Gasteiger charge is 2.15. The molecule has 0 bridgehead atoms. The van der Waals surface area contributed by atoms with Crippen molar-refractivity contribution in [3.63, 3.8) is 0 Å². The van der Waals surface area contributed by atoms with Gasteiger partial charge in [0.25, 0.3) is 0 Å². The van der Waals surface area contributed by atoms with Crippen LogP contribution in [0.4, 0.5) is 5.82 Å². The lowest BCUT2D eigenvalue weighted by molar-refractivity contribution is 0.122. The predicted octanol–water partition coefficient (Wildman–Crippen LogP) is 2.69. The molecule has 0 saturated carbocycles. The Hall–Kier alpha value is -2.14. The number of morpholine rings is 1. The SMILES string of the molecule is CC1=CC=C(c2cn3ccc(N4CCOCC4)nc3n2)CC1. The van der Waals surface area contributed by atoms with Crippen molar-refractivity contribution >= 4 is 17.2 Å². The van der Waals surface area contributed by atoms with Gasteiger partial charge in [-0.3, -0.25) is 4.40 Å². The molecule has 0 N–H and O–H groups in total. The first-order chi connectivity index (χ1) is 10.8. The zero-order valence-corrected chi connectivity index (χ0v) is 12.8. The van der Waals surface area contributed by atoms with Crippen LogP contribution in [-0.2, 0) is 4.74 Å². The zero-order valence-electron chi connectivity index (χ0n) is 12.8. The van der Waals surface area contributed by atoms with Crippen molar-refractivity contribution in [1.29, 1.82) is 0 Å². The van der Waals surface area contributed by atoms with Gasteiger partial charge in [0.1, 0.15) is 5.82 Å². The number of hydrogen-bond acceptors (Lipinski definition) is 4. The molecule has 2 aromatic heterocycles. The van der Waals surface area contributed by atoms with E-state index in [2.05, 4.69) is 36.2 Å². The Labute approximate surface area is 129 Å². The van der Waals surface area contributed by atoms with E-state index in [9.17, 15) is 0 Å². The number of hydrogen-bond donors (Lipinski definition) is 0. The molecular weight excluding hydrogens is 276 g/mol. The van der Waals surface area contributed by atoms with Crippen LogP contribution >= 0.6 is 0 Å². The van der Waals surface area contributed by atoms with Crippen LogP contribution in [0.25, 0.3) is 11.4 Å². The highest BCUT2D eigenvalue weighted by Crippen LogP contribution is 2.26. The van der Waals surface area contributed by atoms with Crippen LogP contribution in [0, 0.1) is 0 Å². The third-order valence-electron chi connectivity index (χ3n) is 4.33. The van der Waals surface area contributed by atoms with Gasteiger partial charge in [-0.05, 0) is 31.4 Å². The molecule has 0 spiro atoms. The van der Waals surface area contributed by atoms with Gasteiger partial charge < -0.3 is 9.64 Å². The minimum absolute atomic E-state index is 0.769. The fourth-order valence-electron chi connectivity index (χ4n) is 2.94. The summed E-state index contributed by atoms with van der Waals surface area (Å²) in [6, 6.07) is 2.06. The first-order valence-corrected chi connectivity index (χ1v) is 7.85. The number of fused-ring (bicyclic) bond motifs is 1. The molecule has 1 aliphatic heterocycles. The fraction of sp³-hybridized carbons (Fsp3) is 0.412. The van der Waals surface area contributed by atoms with Gasteiger partial charge in [-0.2, -0.15) is 4.98 Å². The minimum Gasteiger partial charge on any atom is -0.378 e. The van der Waals surface area contributed by atoms with Crippen LogP contribution in [0.2, 0.25) is 0 Å². The van der Waals surface area contributed by atoms with E-state index in [4.69, 9.17) is 14.7 Å². The van der Waals surface area contributed by atoms with E-state index in [1.54, 1.807) is 0 Å². The van der Waals surface area contributed by atoms with Crippen molar-refractivity contribution < 1.29 is 4.74 Å². The van der Waals surface area contributed by atoms with Gasteiger partial charge in [0.2, 0.25) is 5.78 Å². The molecule has 0 radical (unpaired) electrons. The smallest absolute Gasteiger partial charge is 0.236 e. The number of ether oxygens (including phenoxy) is 1. The molecule has 5 nitrogen and oxygen atoms in total. The lowest BCUT2D eigenvalue weighted by Crippen LogP contribution is -2.36. The average Bonchev–Trinajstić information content (AvgIpc) is 2.99. The van der Waals surface area contributed by atoms with E-state index in [0.717, 1.165) is 56.4 Å². The molecule has 3 heterocycles. The predicted molar refractivity (Wildman–Crippen MR) is 87.0 cm³/mol. The van der Waals surface area contributed by atoms with Crippen LogP contribution in [0.3, 0.4) is 0 Å². The summed E-state index contributed by atoms with van der Waals surface area (Å²) in [5.74, 6) is 1.76. The molecule has 1 aliphatic carbocycles. The molecule has 0 amide bonds. The van der Waals surface area contributed by atoms with Crippen molar-refractivity contribution in [3.05, 3.63) is 41.9 Å². The first-order valence-electron chi connectivity index (χ1n) is 7.85. The number of nitrogens with zero attached hydrogens (tertiary/aromatic N) is 4. The van der Waals surface area contributed by atoms with E-state index >= 15 is 0 Å². The normalized spacial score (nSPS) is 19.2. The molecule has 0 atom stereocenters. The monoisotopic (exact) mass is 296 g/mol. The molecular formula is C17H20N4O. The summed E-state index contributed by atoms with van der Waals surface area (Å²) in [5, 5.41) is 0. The third-order valence-corrected chi connectivity index (χ3v) is 4.33. The summed E-state index contributed by atoms with van der Waals surface area (Å²) in [5.41, 5.74) is 3.76. The second-order valence-electron chi connectivity index (χ2n) is 5.92. The highest BCUT2D eigenvalue weighted by atomic mass is 16.5. The second-order valence-corrected chi connectivity index (χ2v) is 5.92. The van der Waals surface area contributed by atoms with Gasteiger partial charge in [0.05, 0.1) is 18.9 Å². The lowest BCUT2D eigenvalue weighted by Gasteiger charge is -2.27. The Morgan fingerprint density at radius 3 is 2.73 bits per heavy atom. The maximum atomic E-state index is 5.40. The lowest BCUT2D eigenvalue weighted by atomic mass is 9.98. The van der Waals surface area contributed by atoms with Crippen LogP contribution in [0.15, 0.2) is 36.2 Å². The largest absolute Gasteiger partial charge is 0.378 e. The van der Waals surface area contributed by atoms with E-state index in [-0.39, 0.29) is 0 Å². The summed E-state index contributed by atoms with van der Waals surface area (Å²) in [6.45, 7) is 5.50. The van der Waals surface area contributed by atoms with Crippen molar-refractivity contribution in [2.45, 2.75) is 19.8 Å². The number of rotatable bonds is 2. The third kappa shape index (κ3) is 2.52. The number of anilines is 1. The number of aromatic nitrogens is 3. The Bertz CT molecular complexity index is 753. The van der Waals surface area contributed by atoms with Gasteiger partial charge >= 0.3 is 0 Å². The Morgan fingerprint density at radius 1 is 1.09 bits per heavy atom. The van der Waals surface area contributed by atoms with Gasteiger partial charge in [-0.15, -0.1) is 0 Å². The molecule has 1 fully saturated rings. The van der Waals surface area contributed by atoms with E-state index < -0.39 is 0 Å². The maximum absolute atomic E-state index is 5.40. The van der Waals surface area contributed by atoms with Crippen molar-refractivity contribution in [3.8, 4) is 0 Å². The molecule has 0 unspecified atom stereocenters. The maximum Gasteiger partial charge on any atom is 0.236 e. The molecule has 2 aliphatic rings. The van der Waals surface area contributed by atoms with Crippen LogP contribution in [-0.4, -0.2) is 40.7 Å². The topological polar surface area (TPSA) is 42.7 Å².